The molecule has 0 saturated heterocycles. The van der Waals surface area contributed by atoms with Gasteiger partial charge in [-0.05, 0) is 76.2 Å². The molecule has 3 nitrogen and oxygen atoms in total. The summed E-state index contributed by atoms with van der Waals surface area (Å²) in [6.45, 7) is 0. The Morgan fingerprint density at radius 3 is 1.57 bits per heavy atom. The lowest BCUT2D eigenvalue weighted by molar-refractivity contribution is 0.668. The zero-order valence-electron chi connectivity index (χ0n) is 26.6. The zero-order valence-corrected chi connectivity index (χ0v) is 28.2. The highest BCUT2D eigenvalue weighted by atomic mass is 79.9. The second kappa shape index (κ2) is 13.3. The molecule has 0 fully saturated rings. The van der Waals surface area contributed by atoms with Crippen molar-refractivity contribution in [1.82, 2.24) is 0 Å². The van der Waals surface area contributed by atoms with Crippen LogP contribution in [0.5, 0.6) is 0 Å². The van der Waals surface area contributed by atoms with Crippen molar-refractivity contribution in [2.75, 3.05) is 5.73 Å². The van der Waals surface area contributed by atoms with Gasteiger partial charge in [0.05, 0.1) is 0 Å². The molecule has 0 aliphatic heterocycles. The molecular formula is C45H32BrNO2. The normalized spacial score (nSPS) is 11.1. The van der Waals surface area contributed by atoms with Crippen LogP contribution in [0, 0.1) is 0 Å². The lowest BCUT2D eigenvalue weighted by Crippen LogP contribution is -1.89. The van der Waals surface area contributed by atoms with Gasteiger partial charge < -0.3 is 14.6 Å². The molecule has 2 N–H and O–H groups in total. The molecule has 0 aliphatic carbocycles. The Balaban J connectivity index is 0.000000118. The Morgan fingerprint density at radius 1 is 0.408 bits per heavy atom. The average Bonchev–Trinajstić information content (AvgIpc) is 3.70. The minimum absolute atomic E-state index is 0.850. The van der Waals surface area contributed by atoms with Crippen LogP contribution >= 0.6 is 15.9 Å². The Bertz CT molecular complexity index is 2730. The highest BCUT2D eigenvalue weighted by molar-refractivity contribution is 9.10. The van der Waals surface area contributed by atoms with Crippen molar-refractivity contribution in [2.24, 2.45) is 0 Å². The summed E-state index contributed by atoms with van der Waals surface area (Å²) in [5, 5.41) is 9.67. The number of hydrogen-bond donors (Lipinski definition) is 1. The number of rotatable bonds is 2. The molecule has 0 spiro atoms. The highest BCUT2D eigenvalue weighted by Crippen LogP contribution is 2.31. The number of nitrogens with two attached hydrogens (primary N) is 1. The molecule has 0 atom stereocenters. The number of halogens is 1. The lowest BCUT2D eigenvalue weighted by atomic mass is 9.98. The van der Waals surface area contributed by atoms with Crippen molar-refractivity contribution in [3.05, 3.63) is 185 Å². The average molecular weight is 699 g/mol. The van der Waals surface area contributed by atoms with E-state index in [4.69, 9.17) is 14.6 Å². The zero-order chi connectivity index (χ0) is 33.2. The summed E-state index contributed by atoms with van der Waals surface area (Å²) in [6.07, 6.45) is 0.911. The van der Waals surface area contributed by atoms with Gasteiger partial charge in [-0.25, -0.2) is 0 Å². The van der Waals surface area contributed by atoms with Crippen LogP contribution in [0.2, 0.25) is 0 Å². The van der Waals surface area contributed by atoms with Gasteiger partial charge in [0, 0.05) is 37.1 Å². The second-order valence-electron chi connectivity index (χ2n) is 12.1. The third kappa shape index (κ3) is 6.27. The minimum Gasteiger partial charge on any atom is -0.456 e. The second-order valence-corrected chi connectivity index (χ2v) is 13.0. The molecule has 8 aromatic carbocycles. The fraction of sp³-hybridized carbons (Fsp3) is 0.0222. The Hall–Kier alpha value is -5.84. The van der Waals surface area contributed by atoms with Crippen molar-refractivity contribution in [3.8, 4) is 0 Å². The predicted molar refractivity (Wildman–Crippen MR) is 210 cm³/mol. The molecule has 236 valence electrons. The smallest absolute Gasteiger partial charge is 0.136 e. The fourth-order valence-electron chi connectivity index (χ4n) is 6.50. The lowest BCUT2D eigenvalue weighted by Gasteiger charge is -2.07. The quantitative estimate of drug-likeness (QED) is 0.183. The first-order valence-corrected chi connectivity index (χ1v) is 17.1. The van der Waals surface area contributed by atoms with E-state index in [0.717, 1.165) is 44.3 Å². The number of fused-ring (bicyclic) bond motifs is 8. The number of para-hydroxylation sites is 2. The van der Waals surface area contributed by atoms with Crippen molar-refractivity contribution >= 4 is 87.0 Å². The van der Waals surface area contributed by atoms with Gasteiger partial charge in [-0.15, -0.1) is 0 Å². The molecule has 0 bridgehead atoms. The topological polar surface area (TPSA) is 52.3 Å². The van der Waals surface area contributed by atoms with E-state index in [1.807, 2.05) is 72.8 Å². The molecular weight excluding hydrogens is 666 g/mol. The Morgan fingerprint density at radius 2 is 0.898 bits per heavy atom. The number of furan rings is 2. The summed E-state index contributed by atoms with van der Waals surface area (Å²) in [5.74, 6) is 0. The molecule has 0 radical (unpaired) electrons. The van der Waals surface area contributed by atoms with Gasteiger partial charge in [-0.3, -0.25) is 0 Å². The maximum absolute atomic E-state index is 6.02. The first kappa shape index (κ1) is 30.5. The van der Waals surface area contributed by atoms with Gasteiger partial charge in [0.25, 0.3) is 0 Å². The third-order valence-corrected chi connectivity index (χ3v) is 9.38. The van der Waals surface area contributed by atoms with E-state index in [-0.39, 0.29) is 0 Å². The predicted octanol–water partition coefficient (Wildman–Crippen LogP) is 13.1. The van der Waals surface area contributed by atoms with E-state index < -0.39 is 0 Å². The van der Waals surface area contributed by atoms with Crippen LogP contribution in [-0.4, -0.2) is 0 Å². The first-order valence-electron chi connectivity index (χ1n) is 16.3. The molecule has 4 heteroatoms. The molecule has 2 aromatic heterocycles. The summed E-state index contributed by atoms with van der Waals surface area (Å²) in [4.78, 5) is 0. The van der Waals surface area contributed by atoms with Gasteiger partial charge >= 0.3 is 0 Å². The van der Waals surface area contributed by atoms with E-state index in [0.29, 0.717) is 0 Å². The summed E-state index contributed by atoms with van der Waals surface area (Å²) in [5.41, 5.74) is 13.0. The van der Waals surface area contributed by atoms with E-state index >= 15 is 0 Å². The number of hydrogen-bond acceptors (Lipinski definition) is 3. The molecule has 0 aliphatic rings. The monoisotopic (exact) mass is 697 g/mol. The largest absolute Gasteiger partial charge is 0.456 e. The summed E-state index contributed by atoms with van der Waals surface area (Å²) < 4.78 is 12.8. The van der Waals surface area contributed by atoms with Crippen LogP contribution < -0.4 is 5.73 Å². The van der Waals surface area contributed by atoms with Crippen LogP contribution in [-0.2, 0) is 6.42 Å². The molecule has 49 heavy (non-hydrogen) atoms. The number of nitrogen functional groups attached to an aromatic ring is 1. The van der Waals surface area contributed by atoms with Crippen LogP contribution in [0.25, 0.3) is 65.4 Å². The van der Waals surface area contributed by atoms with Gasteiger partial charge in [-0.1, -0.05) is 143 Å². The molecule has 2 heterocycles. The molecule has 0 unspecified atom stereocenters. The molecule has 10 rings (SSSR count). The van der Waals surface area contributed by atoms with Crippen molar-refractivity contribution < 1.29 is 8.83 Å². The van der Waals surface area contributed by atoms with E-state index in [9.17, 15) is 0 Å². The summed E-state index contributed by atoms with van der Waals surface area (Å²) >= 11 is 3.43. The Kier molecular flexibility index (Phi) is 8.30. The van der Waals surface area contributed by atoms with E-state index in [2.05, 4.69) is 113 Å². The van der Waals surface area contributed by atoms with E-state index in [1.54, 1.807) is 0 Å². The SMILES string of the molecule is Brc1ccc2c(c1)oc1ccccc12.Nc1cccc2ccccc12.c1ccc2c(Cc3ccc4c(c3)oc3ccccc34)cccc2c1. The van der Waals surface area contributed by atoms with Gasteiger partial charge in [0.2, 0.25) is 0 Å². The first-order chi connectivity index (χ1) is 24.1. The van der Waals surface area contributed by atoms with Crippen LogP contribution in [0.3, 0.4) is 0 Å². The van der Waals surface area contributed by atoms with Crippen molar-refractivity contribution in [3.63, 3.8) is 0 Å². The van der Waals surface area contributed by atoms with Gasteiger partial charge in [0.1, 0.15) is 22.3 Å². The van der Waals surface area contributed by atoms with Gasteiger partial charge in [-0.2, -0.15) is 0 Å². The van der Waals surface area contributed by atoms with Gasteiger partial charge in [0.15, 0.2) is 0 Å². The van der Waals surface area contributed by atoms with Crippen molar-refractivity contribution in [1.29, 1.82) is 0 Å². The summed E-state index contributed by atoms with van der Waals surface area (Å²) in [7, 11) is 0. The number of benzene rings is 8. The number of anilines is 1. The fourth-order valence-corrected chi connectivity index (χ4v) is 6.84. The van der Waals surface area contributed by atoms with Crippen molar-refractivity contribution in [2.45, 2.75) is 6.42 Å². The maximum atomic E-state index is 6.02. The molecule has 10 aromatic rings. The van der Waals surface area contributed by atoms with Crippen LogP contribution in [0.15, 0.2) is 183 Å². The van der Waals surface area contributed by atoms with Crippen LogP contribution in [0.4, 0.5) is 5.69 Å². The minimum atomic E-state index is 0.850. The maximum Gasteiger partial charge on any atom is 0.136 e. The van der Waals surface area contributed by atoms with Crippen LogP contribution in [0.1, 0.15) is 11.1 Å². The van der Waals surface area contributed by atoms with E-state index in [1.165, 1.54) is 48.8 Å². The summed E-state index contributed by atoms with van der Waals surface area (Å²) in [6, 6.07) is 58.1. The highest BCUT2D eigenvalue weighted by Gasteiger charge is 2.09. The molecule has 0 amide bonds. The molecule has 0 saturated carbocycles. The third-order valence-electron chi connectivity index (χ3n) is 8.88. The Labute approximate surface area is 292 Å². The standard InChI is InChI=1S/C23H16O.C12H7BrO.C10H9N/c1-2-9-19-17(6-1)7-5-8-18(19)14-16-12-13-21-20-10-3-4-11-22(20)24-23(21)15-16;13-8-5-6-10-9-3-1-2-4-11(9)14-12(10)7-8;11-10-7-3-5-8-4-1-2-6-9(8)10/h1-13,15H,14H2;1-7H;1-7H,11H2.